The van der Waals surface area contributed by atoms with E-state index in [1.807, 2.05) is 7.05 Å². The van der Waals surface area contributed by atoms with Crippen molar-refractivity contribution in [1.82, 2.24) is 5.32 Å². The van der Waals surface area contributed by atoms with E-state index in [0.29, 0.717) is 12.5 Å². The van der Waals surface area contributed by atoms with Gasteiger partial charge in [-0.05, 0) is 44.6 Å². The lowest BCUT2D eigenvalue weighted by atomic mass is 9.74. The standard InChI is InChI=1S/C13H25F2NO/c1-10(2)11-4-6-13(7-5-11,9-16-3)17-8-12(14)15/h10-12,16H,4-9H2,1-3H3. The number of likely N-dealkylation sites (N-methyl/N-ethyl adjacent to an activating group) is 1. The SMILES string of the molecule is CNCC1(OCC(F)F)CCC(C(C)C)CC1. The van der Waals surface area contributed by atoms with Gasteiger partial charge in [-0.15, -0.1) is 0 Å². The van der Waals surface area contributed by atoms with E-state index in [0.717, 1.165) is 31.6 Å². The topological polar surface area (TPSA) is 21.3 Å². The van der Waals surface area contributed by atoms with Gasteiger partial charge in [0.15, 0.2) is 0 Å². The molecule has 0 bridgehead atoms. The Labute approximate surface area is 103 Å². The smallest absolute Gasteiger partial charge is 0.261 e. The van der Waals surface area contributed by atoms with Crippen LogP contribution in [0.4, 0.5) is 8.78 Å². The second-order valence-electron chi connectivity index (χ2n) is 5.50. The number of halogens is 2. The van der Waals surface area contributed by atoms with Crippen molar-refractivity contribution in [3.05, 3.63) is 0 Å². The van der Waals surface area contributed by atoms with Gasteiger partial charge in [-0.25, -0.2) is 8.78 Å². The van der Waals surface area contributed by atoms with Crippen molar-refractivity contribution in [2.24, 2.45) is 11.8 Å². The first-order chi connectivity index (χ1) is 7.99. The third kappa shape index (κ3) is 4.51. The molecule has 0 atom stereocenters. The van der Waals surface area contributed by atoms with Gasteiger partial charge in [-0.2, -0.15) is 0 Å². The van der Waals surface area contributed by atoms with Gasteiger partial charge in [0, 0.05) is 6.54 Å². The van der Waals surface area contributed by atoms with Gasteiger partial charge < -0.3 is 10.1 Å². The Kier molecular flexibility index (Phi) is 5.80. The van der Waals surface area contributed by atoms with E-state index < -0.39 is 13.0 Å². The third-order valence-corrected chi connectivity index (χ3v) is 3.90. The Morgan fingerprint density at radius 2 is 1.88 bits per heavy atom. The lowest BCUT2D eigenvalue weighted by Crippen LogP contribution is -2.46. The molecular formula is C13H25F2NO. The monoisotopic (exact) mass is 249 g/mol. The lowest BCUT2D eigenvalue weighted by molar-refractivity contribution is -0.112. The summed E-state index contributed by atoms with van der Waals surface area (Å²) in [5.41, 5.74) is -0.365. The van der Waals surface area contributed by atoms with Crippen molar-refractivity contribution in [2.45, 2.75) is 51.6 Å². The fourth-order valence-electron chi connectivity index (χ4n) is 2.77. The van der Waals surface area contributed by atoms with E-state index in [1.165, 1.54) is 0 Å². The molecule has 2 nitrogen and oxygen atoms in total. The van der Waals surface area contributed by atoms with E-state index in [1.54, 1.807) is 0 Å². The van der Waals surface area contributed by atoms with Gasteiger partial charge in [0.05, 0.1) is 5.60 Å². The molecule has 0 spiro atoms. The Hall–Kier alpha value is -0.220. The molecule has 0 aromatic rings. The molecule has 0 radical (unpaired) electrons. The maximum absolute atomic E-state index is 12.3. The van der Waals surface area contributed by atoms with Crippen LogP contribution in [0.15, 0.2) is 0 Å². The lowest BCUT2D eigenvalue weighted by Gasteiger charge is -2.41. The van der Waals surface area contributed by atoms with Gasteiger partial charge >= 0.3 is 0 Å². The Balaban J connectivity index is 2.50. The molecule has 1 fully saturated rings. The molecule has 0 saturated heterocycles. The van der Waals surface area contributed by atoms with Gasteiger partial charge in [0.1, 0.15) is 6.61 Å². The van der Waals surface area contributed by atoms with E-state index >= 15 is 0 Å². The Morgan fingerprint density at radius 3 is 2.29 bits per heavy atom. The van der Waals surface area contributed by atoms with Crippen molar-refractivity contribution in [3.63, 3.8) is 0 Å². The van der Waals surface area contributed by atoms with Crippen LogP contribution in [-0.4, -0.2) is 32.2 Å². The second kappa shape index (κ2) is 6.64. The van der Waals surface area contributed by atoms with Crippen LogP contribution in [0.3, 0.4) is 0 Å². The molecule has 0 unspecified atom stereocenters. The molecule has 0 aliphatic heterocycles. The van der Waals surface area contributed by atoms with Gasteiger partial charge in [0.25, 0.3) is 6.43 Å². The quantitative estimate of drug-likeness (QED) is 0.781. The highest BCUT2D eigenvalue weighted by Crippen LogP contribution is 2.37. The van der Waals surface area contributed by atoms with Crippen LogP contribution in [0, 0.1) is 11.8 Å². The summed E-state index contributed by atoms with van der Waals surface area (Å²) >= 11 is 0. The highest BCUT2D eigenvalue weighted by molar-refractivity contribution is 4.89. The molecule has 0 heterocycles. The van der Waals surface area contributed by atoms with Crippen molar-refractivity contribution < 1.29 is 13.5 Å². The van der Waals surface area contributed by atoms with Crippen molar-refractivity contribution in [3.8, 4) is 0 Å². The molecule has 1 saturated carbocycles. The summed E-state index contributed by atoms with van der Waals surface area (Å²) < 4.78 is 30.0. The summed E-state index contributed by atoms with van der Waals surface area (Å²) in [6.07, 6.45) is 1.59. The van der Waals surface area contributed by atoms with Crippen LogP contribution in [-0.2, 0) is 4.74 Å². The van der Waals surface area contributed by atoms with Crippen molar-refractivity contribution in [2.75, 3.05) is 20.2 Å². The summed E-state index contributed by atoms with van der Waals surface area (Å²) in [5, 5.41) is 3.08. The van der Waals surface area contributed by atoms with Crippen LogP contribution in [0.5, 0.6) is 0 Å². The highest BCUT2D eigenvalue weighted by atomic mass is 19.3. The maximum atomic E-state index is 12.3. The van der Waals surface area contributed by atoms with Crippen LogP contribution >= 0.6 is 0 Å². The molecule has 1 aliphatic rings. The largest absolute Gasteiger partial charge is 0.368 e. The molecule has 102 valence electrons. The first-order valence-electron chi connectivity index (χ1n) is 6.56. The number of rotatable bonds is 6. The summed E-state index contributed by atoms with van der Waals surface area (Å²) in [4.78, 5) is 0. The molecule has 4 heteroatoms. The predicted molar refractivity (Wildman–Crippen MR) is 65.4 cm³/mol. The van der Waals surface area contributed by atoms with Gasteiger partial charge in [0.2, 0.25) is 0 Å². The second-order valence-corrected chi connectivity index (χ2v) is 5.50. The molecule has 1 N–H and O–H groups in total. The van der Waals surface area contributed by atoms with E-state index in [9.17, 15) is 8.78 Å². The van der Waals surface area contributed by atoms with E-state index in [4.69, 9.17) is 4.74 Å². The van der Waals surface area contributed by atoms with Crippen LogP contribution < -0.4 is 5.32 Å². The third-order valence-electron chi connectivity index (χ3n) is 3.90. The number of hydrogen-bond acceptors (Lipinski definition) is 2. The highest BCUT2D eigenvalue weighted by Gasteiger charge is 2.37. The molecule has 17 heavy (non-hydrogen) atoms. The fraction of sp³-hybridized carbons (Fsp3) is 1.00. The van der Waals surface area contributed by atoms with Crippen molar-refractivity contribution in [1.29, 1.82) is 0 Å². The van der Waals surface area contributed by atoms with Crippen molar-refractivity contribution >= 4 is 0 Å². The first-order valence-corrected chi connectivity index (χ1v) is 6.56. The minimum atomic E-state index is -2.37. The van der Waals surface area contributed by atoms with Gasteiger partial charge in [-0.3, -0.25) is 0 Å². The maximum Gasteiger partial charge on any atom is 0.261 e. The zero-order valence-corrected chi connectivity index (χ0v) is 11.1. The average Bonchev–Trinajstić information content (AvgIpc) is 2.28. The van der Waals surface area contributed by atoms with Crippen LogP contribution in [0.1, 0.15) is 39.5 Å². The summed E-state index contributed by atoms with van der Waals surface area (Å²) in [6, 6.07) is 0. The van der Waals surface area contributed by atoms with Gasteiger partial charge in [-0.1, -0.05) is 13.8 Å². The van der Waals surface area contributed by atoms with E-state index in [2.05, 4.69) is 19.2 Å². The fourth-order valence-corrected chi connectivity index (χ4v) is 2.77. The van der Waals surface area contributed by atoms with E-state index in [-0.39, 0.29) is 5.60 Å². The summed E-state index contributed by atoms with van der Waals surface area (Å²) in [6.45, 7) is 4.70. The molecule has 1 aliphatic carbocycles. The first kappa shape index (κ1) is 14.8. The average molecular weight is 249 g/mol. The number of ether oxygens (including phenoxy) is 1. The Morgan fingerprint density at radius 1 is 1.29 bits per heavy atom. The molecule has 1 rings (SSSR count). The summed E-state index contributed by atoms with van der Waals surface area (Å²) in [7, 11) is 1.85. The number of alkyl halides is 2. The molecular weight excluding hydrogens is 224 g/mol. The molecule has 0 aromatic carbocycles. The van der Waals surface area contributed by atoms with Crippen LogP contribution in [0.2, 0.25) is 0 Å². The summed E-state index contributed by atoms with van der Waals surface area (Å²) in [5.74, 6) is 1.40. The molecule has 0 aromatic heterocycles. The zero-order chi connectivity index (χ0) is 12.9. The predicted octanol–water partition coefficient (Wildman–Crippen LogP) is 3.07. The minimum absolute atomic E-state index is 0.365. The molecule has 0 amide bonds. The normalized spacial score (nSPS) is 30.2. The Bertz CT molecular complexity index is 213. The number of hydrogen-bond donors (Lipinski definition) is 1. The minimum Gasteiger partial charge on any atom is -0.368 e. The zero-order valence-electron chi connectivity index (χ0n) is 11.1. The van der Waals surface area contributed by atoms with Crippen LogP contribution in [0.25, 0.3) is 0 Å². The number of nitrogens with one attached hydrogen (secondary N) is 1.